The molecule has 6 heteroatoms. The summed E-state index contributed by atoms with van der Waals surface area (Å²) >= 11 is 0. The van der Waals surface area contributed by atoms with Gasteiger partial charge in [-0.2, -0.15) is 0 Å². The first-order chi connectivity index (χ1) is 7.72. The molecule has 3 N–H and O–H groups in total. The van der Waals surface area contributed by atoms with Crippen LogP contribution >= 0.6 is 0 Å². The average Bonchev–Trinajstić information content (AvgIpc) is 2.83. The summed E-state index contributed by atoms with van der Waals surface area (Å²) in [6.07, 6.45) is 0. The molecule has 0 bridgehead atoms. The van der Waals surface area contributed by atoms with E-state index in [1.807, 2.05) is 0 Å². The highest BCUT2D eigenvalue weighted by atomic mass is 16.4. The first-order valence-electron chi connectivity index (χ1n) is 4.60. The van der Waals surface area contributed by atoms with Crippen molar-refractivity contribution in [2.75, 3.05) is 0 Å². The standard InChI is InChI=1S/C10H7N3O3/c14-6-1-2-7-5(3-6)4-8(11-7)9-12-13-10(15)16-9/h1-4,11,14H,(H,13,15). The third-order valence-electron chi connectivity index (χ3n) is 2.27. The van der Waals surface area contributed by atoms with Gasteiger partial charge in [0.1, 0.15) is 11.4 Å². The number of hydrogen-bond donors (Lipinski definition) is 3. The third kappa shape index (κ3) is 1.28. The maximum Gasteiger partial charge on any atom is 0.434 e. The summed E-state index contributed by atoms with van der Waals surface area (Å²) in [5.41, 5.74) is 1.41. The minimum absolute atomic E-state index is 0.182. The lowest BCUT2D eigenvalue weighted by Gasteiger charge is -1.89. The predicted octanol–water partition coefficient (Wildman–Crippen LogP) is 1.22. The van der Waals surface area contributed by atoms with E-state index in [2.05, 4.69) is 15.2 Å². The quantitative estimate of drug-likeness (QED) is 0.571. The molecule has 0 aliphatic heterocycles. The van der Waals surface area contributed by atoms with Gasteiger partial charge in [0.05, 0.1) is 0 Å². The van der Waals surface area contributed by atoms with Crippen molar-refractivity contribution in [3.8, 4) is 17.3 Å². The van der Waals surface area contributed by atoms with Crippen LogP contribution in [0.1, 0.15) is 0 Å². The molecule has 0 unspecified atom stereocenters. The molecule has 0 fully saturated rings. The number of phenols is 1. The zero-order chi connectivity index (χ0) is 11.1. The highest BCUT2D eigenvalue weighted by Gasteiger charge is 2.08. The van der Waals surface area contributed by atoms with E-state index in [0.717, 1.165) is 10.9 Å². The monoisotopic (exact) mass is 217 g/mol. The summed E-state index contributed by atoms with van der Waals surface area (Å²) < 4.78 is 4.81. The molecule has 3 rings (SSSR count). The van der Waals surface area contributed by atoms with Gasteiger partial charge in [0.25, 0.3) is 5.89 Å². The van der Waals surface area contributed by atoms with E-state index in [9.17, 15) is 9.90 Å². The fourth-order valence-corrected chi connectivity index (χ4v) is 1.58. The van der Waals surface area contributed by atoms with Crippen LogP contribution in [0.2, 0.25) is 0 Å². The Morgan fingerprint density at radius 2 is 2.19 bits per heavy atom. The van der Waals surface area contributed by atoms with E-state index in [-0.39, 0.29) is 11.6 Å². The number of aromatic hydroxyl groups is 1. The number of phenolic OH excluding ortho intramolecular Hbond substituents is 1. The molecule has 0 saturated heterocycles. The topological polar surface area (TPSA) is 94.9 Å². The van der Waals surface area contributed by atoms with Crippen LogP contribution in [0.15, 0.2) is 33.5 Å². The zero-order valence-corrected chi connectivity index (χ0v) is 8.02. The highest BCUT2D eigenvalue weighted by molar-refractivity contribution is 5.85. The molecule has 0 radical (unpaired) electrons. The maximum absolute atomic E-state index is 10.8. The van der Waals surface area contributed by atoms with Crippen molar-refractivity contribution in [3.05, 3.63) is 34.8 Å². The second-order valence-corrected chi connectivity index (χ2v) is 3.37. The number of aromatic amines is 2. The molecule has 1 aromatic carbocycles. The average molecular weight is 217 g/mol. The largest absolute Gasteiger partial charge is 0.508 e. The molecule has 0 aliphatic rings. The molecular formula is C10H7N3O3. The Labute approximate surface area is 88.5 Å². The Balaban J connectivity index is 2.22. The van der Waals surface area contributed by atoms with Gasteiger partial charge in [0, 0.05) is 10.9 Å². The van der Waals surface area contributed by atoms with E-state index < -0.39 is 5.76 Å². The lowest BCUT2D eigenvalue weighted by molar-refractivity contribution is 0.476. The second kappa shape index (κ2) is 2.99. The van der Waals surface area contributed by atoms with E-state index in [1.165, 1.54) is 0 Å². The van der Waals surface area contributed by atoms with Gasteiger partial charge in [0.2, 0.25) is 0 Å². The van der Waals surface area contributed by atoms with Crippen molar-refractivity contribution >= 4 is 10.9 Å². The molecular weight excluding hydrogens is 210 g/mol. The number of nitrogens with one attached hydrogen (secondary N) is 2. The summed E-state index contributed by atoms with van der Waals surface area (Å²) in [6, 6.07) is 6.66. The van der Waals surface area contributed by atoms with Crippen LogP contribution in [-0.2, 0) is 0 Å². The molecule has 2 aromatic heterocycles. The lowest BCUT2D eigenvalue weighted by Crippen LogP contribution is -1.93. The van der Waals surface area contributed by atoms with Gasteiger partial charge in [0.15, 0.2) is 0 Å². The third-order valence-corrected chi connectivity index (χ3v) is 2.27. The molecule has 80 valence electrons. The van der Waals surface area contributed by atoms with E-state index >= 15 is 0 Å². The number of hydrogen-bond acceptors (Lipinski definition) is 4. The van der Waals surface area contributed by atoms with Crippen molar-refractivity contribution in [2.45, 2.75) is 0 Å². The molecule has 16 heavy (non-hydrogen) atoms. The Morgan fingerprint density at radius 1 is 1.31 bits per heavy atom. The Morgan fingerprint density at radius 3 is 2.94 bits per heavy atom. The zero-order valence-electron chi connectivity index (χ0n) is 8.02. The van der Waals surface area contributed by atoms with Gasteiger partial charge in [-0.3, -0.25) is 0 Å². The molecule has 2 heterocycles. The first-order valence-corrected chi connectivity index (χ1v) is 4.60. The van der Waals surface area contributed by atoms with Gasteiger partial charge in [-0.25, -0.2) is 9.89 Å². The first kappa shape index (κ1) is 8.78. The summed E-state index contributed by atoms with van der Waals surface area (Å²) in [5.74, 6) is -0.223. The number of aromatic nitrogens is 3. The fraction of sp³-hybridized carbons (Fsp3) is 0. The van der Waals surface area contributed by atoms with Crippen LogP contribution in [0, 0.1) is 0 Å². The maximum atomic E-state index is 10.8. The van der Waals surface area contributed by atoms with Crippen molar-refractivity contribution in [1.82, 2.24) is 15.2 Å². The van der Waals surface area contributed by atoms with Crippen molar-refractivity contribution < 1.29 is 9.52 Å². The van der Waals surface area contributed by atoms with Crippen LogP contribution in [-0.4, -0.2) is 20.3 Å². The van der Waals surface area contributed by atoms with Crippen molar-refractivity contribution in [1.29, 1.82) is 0 Å². The number of benzene rings is 1. The Hall–Kier alpha value is -2.50. The normalized spacial score (nSPS) is 11.0. The van der Waals surface area contributed by atoms with Gasteiger partial charge in [-0.1, -0.05) is 0 Å². The van der Waals surface area contributed by atoms with Crippen LogP contribution in [0.4, 0.5) is 0 Å². The number of fused-ring (bicyclic) bond motifs is 1. The summed E-state index contributed by atoms with van der Waals surface area (Å²) in [6.45, 7) is 0. The molecule has 0 aliphatic carbocycles. The molecule has 0 saturated carbocycles. The smallest absolute Gasteiger partial charge is 0.434 e. The molecule has 6 nitrogen and oxygen atoms in total. The van der Waals surface area contributed by atoms with Gasteiger partial charge in [-0.05, 0) is 24.3 Å². The van der Waals surface area contributed by atoms with Crippen molar-refractivity contribution in [2.24, 2.45) is 0 Å². The SMILES string of the molecule is O=c1[nH]nc(-c2cc3cc(O)ccc3[nH]2)o1. The minimum atomic E-state index is -0.600. The van der Waals surface area contributed by atoms with Crippen LogP contribution in [0.25, 0.3) is 22.5 Å². The van der Waals surface area contributed by atoms with Gasteiger partial charge in [-0.15, -0.1) is 5.10 Å². The fourth-order valence-electron chi connectivity index (χ4n) is 1.58. The molecule has 0 spiro atoms. The summed E-state index contributed by atoms with van der Waals surface area (Å²) in [5, 5.41) is 16.0. The minimum Gasteiger partial charge on any atom is -0.508 e. The molecule has 0 atom stereocenters. The van der Waals surface area contributed by atoms with E-state index in [0.29, 0.717) is 5.69 Å². The van der Waals surface area contributed by atoms with Crippen LogP contribution < -0.4 is 5.76 Å². The van der Waals surface area contributed by atoms with Gasteiger partial charge >= 0.3 is 5.76 Å². The number of H-pyrrole nitrogens is 2. The second-order valence-electron chi connectivity index (χ2n) is 3.37. The van der Waals surface area contributed by atoms with Crippen LogP contribution in [0.3, 0.4) is 0 Å². The highest BCUT2D eigenvalue weighted by Crippen LogP contribution is 2.24. The Bertz CT molecular complexity index is 707. The summed E-state index contributed by atoms with van der Waals surface area (Å²) in [4.78, 5) is 13.8. The summed E-state index contributed by atoms with van der Waals surface area (Å²) in [7, 11) is 0. The molecule has 0 amide bonds. The number of rotatable bonds is 1. The predicted molar refractivity (Wildman–Crippen MR) is 56.1 cm³/mol. The van der Waals surface area contributed by atoms with Crippen LogP contribution in [0.5, 0.6) is 5.75 Å². The van der Waals surface area contributed by atoms with E-state index in [1.54, 1.807) is 24.3 Å². The van der Waals surface area contributed by atoms with Gasteiger partial charge < -0.3 is 14.5 Å². The van der Waals surface area contributed by atoms with Crippen molar-refractivity contribution in [3.63, 3.8) is 0 Å². The number of nitrogens with zero attached hydrogens (tertiary/aromatic N) is 1. The molecule has 3 aromatic rings. The van der Waals surface area contributed by atoms with E-state index in [4.69, 9.17) is 4.42 Å². The Kier molecular flexibility index (Phi) is 1.64. The lowest BCUT2D eigenvalue weighted by atomic mass is 10.2.